The number of hydrogen-bond acceptors (Lipinski definition) is 5. The van der Waals surface area contributed by atoms with Crippen LogP contribution >= 0.6 is 0 Å². The van der Waals surface area contributed by atoms with Gasteiger partial charge in [-0.1, -0.05) is 108 Å². The molecule has 0 aliphatic carbocycles. The second kappa shape index (κ2) is 18.3. The molecular weight excluding hydrogens is 795 g/mol. The first-order valence-corrected chi connectivity index (χ1v) is 17.7. The Hall–Kier alpha value is -3.99. The van der Waals surface area contributed by atoms with Crippen LogP contribution < -0.4 is 0 Å². The standard InChI is InChI=1S/C31H28N3.C13H24O2.Ir/c1-20-16-21(2)34-30(33-20)23-12-10-22(11-13-23)24-14-15-32-29(19-24)26-17-25-8-6-7-9-27(25)28(18-26)31(3,4)5;1-5-10(6-2)12(14)9-13(15)11(7-3)8-4;/h6-16,18-19H,1-5H3;9-11,14H,5-8H2,1-4H3;/q-1;;/b;12-9-;. The van der Waals surface area contributed by atoms with Crippen LogP contribution in [-0.2, 0) is 30.3 Å². The van der Waals surface area contributed by atoms with Crippen LogP contribution in [0.5, 0.6) is 0 Å². The van der Waals surface area contributed by atoms with Crippen molar-refractivity contribution in [2.24, 2.45) is 11.8 Å². The molecule has 5 aromatic rings. The minimum Gasteiger partial charge on any atom is -0.512 e. The maximum Gasteiger partial charge on any atom is 0.162 e. The summed E-state index contributed by atoms with van der Waals surface area (Å²) in [5.74, 6) is 1.31. The van der Waals surface area contributed by atoms with Gasteiger partial charge in [-0.05, 0) is 68.2 Å². The molecule has 0 spiro atoms. The molecular formula is C44H52IrN3O2-. The van der Waals surface area contributed by atoms with E-state index in [-0.39, 0.29) is 48.9 Å². The number of allylic oxidation sites excluding steroid dienone is 2. The molecule has 1 N–H and O–H groups in total. The van der Waals surface area contributed by atoms with Gasteiger partial charge in [0.05, 0.1) is 5.76 Å². The van der Waals surface area contributed by atoms with E-state index >= 15 is 0 Å². The number of hydrogen-bond donors (Lipinski definition) is 1. The third-order valence-corrected chi connectivity index (χ3v) is 9.16. The number of aliphatic hydroxyl groups excluding tert-OH is 1. The van der Waals surface area contributed by atoms with Gasteiger partial charge in [0.1, 0.15) is 0 Å². The van der Waals surface area contributed by atoms with Gasteiger partial charge in [0.25, 0.3) is 0 Å². The molecule has 0 saturated heterocycles. The Morgan fingerprint density at radius 1 is 0.780 bits per heavy atom. The Labute approximate surface area is 313 Å². The monoisotopic (exact) mass is 847 g/mol. The Morgan fingerprint density at radius 2 is 1.36 bits per heavy atom. The molecule has 0 atom stereocenters. The molecule has 0 aliphatic heterocycles. The maximum atomic E-state index is 11.7. The van der Waals surface area contributed by atoms with Gasteiger partial charge in [-0.15, -0.1) is 29.1 Å². The van der Waals surface area contributed by atoms with Crippen LogP contribution in [0.1, 0.15) is 91.1 Å². The average Bonchev–Trinajstić information content (AvgIpc) is 3.08. The number of pyridine rings is 1. The predicted octanol–water partition coefficient (Wildman–Crippen LogP) is 11.6. The van der Waals surface area contributed by atoms with E-state index in [0.29, 0.717) is 0 Å². The quantitative estimate of drug-likeness (QED) is 0.0861. The summed E-state index contributed by atoms with van der Waals surface area (Å²) in [6.45, 7) is 18.8. The van der Waals surface area contributed by atoms with Crippen LogP contribution in [0.15, 0.2) is 90.8 Å². The minimum atomic E-state index is 0. The van der Waals surface area contributed by atoms with Crippen molar-refractivity contribution in [3.8, 4) is 33.8 Å². The molecule has 0 aliphatic rings. The fourth-order valence-electron chi connectivity index (χ4n) is 6.19. The average molecular weight is 847 g/mol. The molecule has 0 fully saturated rings. The summed E-state index contributed by atoms with van der Waals surface area (Å²) >= 11 is 0. The first-order chi connectivity index (χ1) is 23.4. The number of aryl methyl sites for hydroxylation is 2. The number of aliphatic hydroxyl groups is 1. The van der Waals surface area contributed by atoms with Crippen molar-refractivity contribution in [1.82, 2.24) is 15.0 Å². The van der Waals surface area contributed by atoms with Gasteiger partial charge < -0.3 is 5.11 Å². The largest absolute Gasteiger partial charge is 0.512 e. The number of ketones is 1. The zero-order chi connectivity index (χ0) is 35.7. The Bertz CT molecular complexity index is 1880. The van der Waals surface area contributed by atoms with Gasteiger partial charge in [0, 0.05) is 66.9 Å². The zero-order valence-corrected chi connectivity index (χ0v) is 33.5. The fourth-order valence-corrected chi connectivity index (χ4v) is 6.19. The van der Waals surface area contributed by atoms with Crippen molar-refractivity contribution in [1.29, 1.82) is 0 Å². The predicted molar refractivity (Wildman–Crippen MR) is 205 cm³/mol. The summed E-state index contributed by atoms with van der Waals surface area (Å²) in [5, 5.41) is 12.1. The maximum absolute atomic E-state index is 11.7. The van der Waals surface area contributed by atoms with E-state index in [1.165, 1.54) is 17.0 Å². The Morgan fingerprint density at radius 3 is 1.94 bits per heavy atom. The topological polar surface area (TPSA) is 76.0 Å². The van der Waals surface area contributed by atoms with E-state index in [1.54, 1.807) is 0 Å². The molecule has 2 aromatic heterocycles. The number of nitrogens with zero attached hydrogens (tertiary/aromatic N) is 3. The fraction of sp³-hybridized carbons (Fsp3) is 0.364. The van der Waals surface area contributed by atoms with Crippen molar-refractivity contribution in [2.45, 2.75) is 93.4 Å². The van der Waals surface area contributed by atoms with E-state index in [2.05, 4.69) is 104 Å². The number of benzene rings is 3. The molecule has 1 radical (unpaired) electrons. The zero-order valence-electron chi connectivity index (χ0n) is 31.1. The molecule has 3 aromatic carbocycles. The van der Waals surface area contributed by atoms with Crippen molar-refractivity contribution >= 4 is 16.6 Å². The molecule has 0 unspecified atom stereocenters. The van der Waals surface area contributed by atoms with E-state index in [1.807, 2.05) is 53.8 Å². The van der Waals surface area contributed by atoms with E-state index < -0.39 is 0 Å². The summed E-state index contributed by atoms with van der Waals surface area (Å²) in [6, 6.07) is 28.9. The number of fused-ring (bicyclic) bond motifs is 1. The summed E-state index contributed by atoms with van der Waals surface area (Å²) in [7, 11) is 0. The van der Waals surface area contributed by atoms with Gasteiger partial charge in [-0.25, -0.2) is 9.97 Å². The molecule has 5 rings (SSSR count). The van der Waals surface area contributed by atoms with Crippen molar-refractivity contribution < 1.29 is 30.0 Å². The Kier molecular flexibility index (Phi) is 14.8. The molecule has 265 valence electrons. The van der Waals surface area contributed by atoms with Crippen LogP contribution in [-0.4, -0.2) is 25.8 Å². The molecule has 50 heavy (non-hydrogen) atoms. The third-order valence-electron chi connectivity index (χ3n) is 9.16. The van der Waals surface area contributed by atoms with E-state index in [0.717, 1.165) is 76.2 Å². The smallest absolute Gasteiger partial charge is 0.162 e. The van der Waals surface area contributed by atoms with E-state index in [9.17, 15) is 9.90 Å². The molecule has 2 heterocycles. The minimum absolute atomic E-state index is 0. The molecule has 0 saturated carbocycles. The van der Waals surface area contributed by atoms with Gasteiger partial charge in [0.15, 0.2) is 11.6 Å². The van der Waals surface area contributed by atoms with Crippen LogP contribution in [0.2, 0.25) is 0 Å². The third kappa shape index (κ3) is 10.3. The van der Waals surface area contributed by atoms with Crippen LogP contribution in [0, 0.1) is 31.7 Å². The number of rotatable bonds is 10. The van der Waals surface area contributed by atoms with Crippen LogP contribution in [0.25, 0.3) is 44.5 Å². The van der Waals surface area contributed by atoms with Crippen molar-refractivity contribution in [3.63, 3.8) is 0 Å². The number of aromatic nitrogens is 3. The number of carbonyl (C=O) groups excluding carboxylic acids is 1. The summed E-state index contributed by atoms with van der Waals surface area (Å²) in [5.41, 5.74) is 8.50. The molecule has 0 amide bonds. The summed E-state index contributed by atoms with van der Waals surface area (Å²) in [4.78, 5) is 25.6. The van der Waals surface area contributed by atoms with Gasteiger partial charge in [0.2, 0.25) is 0 Å². The normalized spacial score (nSPS) is 11.7. The Balaban J connectivity index is 0.000000361. The summed E-state index contributed by atoms with van der Waals surface area (Å²) < 4.78 is 0. The van der Waals surface area contributed by atoms with Gasteiger partial charge in [-0.2, -0.15) is 0 Å². The molecule has 5 nitrogen and oxygen atoms in total. The second-order valence-electron chi connectivity index (χ2n) is 13.9. The van der Waals surface area contributed by atoms with Crippen molar-refractivity contribution in [3.05, 3.63) is 114 Å². The SMILES string of the molecule is CCC(CC)C(=O)/C=C(\O)C(CC)CC.Cc1cc(C)nc(-c2ccc(-c3ccnc(-c4[c-]c5ccccc5c(C(C)(C)C)c4)c3)cc2)n1.[Ir]. The molecule has 6 heteroatoms. The van der Waals surface area contributed by atoms with Crippen LogP contribution in [0.4, 0.5) is 0 Å². The van der Waals surface area contributed by atoms with Crippen molar-refractivity contribution in [2.75, 3.05) is 0 Å². The van der Waals surface area contributed by atoms with E-state index in [4.69, 9.17) is 4.98 Å². The first kappa shape index (κ1) is 40.4. The summed E-state index contributed by atoms with van der Waals surface area (Å²) in [6.07, 6.45) is 6.79. The number of carbonyl (C=O) groups is 1. The van der Waals surface area contributed by atoms with Crippen LogP contribution in [0.3, 0.4) is 0 Å². The molecule has 0 bridgehead atoms. The van der Waals surface area contributed by atoms with Gasteiger partial charge >= 0.3 is 0 Å². The first-order valence-electron chi connectivity index (χ1n) is 17.7. The van der Waals surface area contributed by atoms with Gasteiger partial charge in [-0.3, -0.25) is 9.78 Å². The second-order valence-corrected chi connectivity index (χ2v) is 13.9.